The zero-order chi connectivity index (χ0) is 20.2. The molecule has 2 aromatic carbocycles. The van der Waals surface area contributed by atoms with Crippen molar-refractivity contribution in [3.8, 4) is 22.9 Å². The van der Waals surface area contributed by atoms with E-state index in [1.54, 1.807) is 25.4 Å². The standard InChI is InChI=1S/C19H15N5O4S/c1-27-16-4-2-3-15(11-16)23-10-9-20-19(23)29-12-17-21-22-18(28-17)13-5-7-14(8-6-13)24(25)26/h2-11H,12H2,1H3. The lowest BCUT2D eigenvalue weighted by molar-refractivity contribution is -0.384. The number of benzene rings is 2. The fourth-order valence-corrected chi connectivity index (χ4v) is 3.44. The molecule has 2 aromatic heterocycles. The van der Waals surface area contributed by atoms with Gasteiger partial charge in [0.15, 0.2) is 5.16 Å². The molecule has 0 spiro atoms. The molecule has 29 heavy (non-hydrogen) atoms. The van der Waals surface area contributed by atoms with Crippen molar-refractivity contribution in [2.75, 3.05) is 7.11 Å². The molecule has 4 aromatic rings. The SMILES string of the molecule is COc1cccc(-n2ccnc2SCc2nnc(-c3ccc([N+](=O)[O-])cc3)o2)c1. The third-order valence-corrected chi connectivity index (χ3v) is 5.01. The van der Waals surface area contributed by atoms with Gasteiger partial charge in [-0.1, -0.05) is 17.8 Å². The van der Waals surface area contributed by atoms with Crippen molar-refractivity contribution >= 4 is 17.4 Å². The highest BCUT2D eigenvalue weighted by Gasteiger charge is 2.13. The van der Waals surface area contributed by atoms with Crippen LogP contribution in [0.5, 0.6) is 5.75 Å². The molecular weight excluding hydrogens is 394 g/mol. The monoisotopic (exact) mass is 409 g/mol. The molecule has 0 aliphatic rings. The molecule has 4 rings (SSSR count). The van der Waals surface area contributed by atoms with Crippen molar-refractivity contribution in [1.82, 2.24) is 19.7 Å². The van der Waals surface area contributed by atoms with Gasteiger partial charge in [0.1, 0.15) is 5.75 Å². The predicted octanol–water partition coefficient (Wildman–Crippen LogP) is 4.13. The number of nitro benzene ring substituents is 1. The van der Waals surface area contributed by atoms with E-state index < -0.39 is 4.92 Å². The molecule has 0 atom stereocenters. The number of nitro groups is 1. The Morgan fingerprint density at radius 1 is 1.21 bits per heavy atom. The van der Waals surface area contributed by atoms with Crippen LogP contribution in [-0.2, 0) is 5.75 Å². The number of methoxy groups -OCH3 is 1. The van der Waals surface area contributed by atoms with E-state index in [4.69, 9.17) is 9.15 Å². The molecular formula is C19H15N5O4S. The van der Waals surface area contributed by atoms with Crippen LogP contribution in [0.3, 0.4) is 0 Å². The highest BCUT2D eigenvalue weighted by Crippen LogP contribution is 2.27. The first kappa shape index (κ1) is 18.7. The van der Waals surface area contributed by atoms with Gasteiger partial charge < -0.3 is 9.15 Å². The number of hydrogen-bond acceptors (Lipinski definition) is 8. The fourth-order valence-electron chi connectivity index (χ4n) is 2.63. The Bertz CT molecular complexity index is 1140. The molecule has 0 saturated heterocycles. The molecule has 0 saturated carbocycles. The van der Waals surface area contributed by atoms with Gasteiger partial charge in [0.2, 0.25) is 11.8 Å². The van der Waals surface area contributed by atoms with E-state index in [1.165, 1.54) is 23.9 Å². The number of imidazole rings is 1. The zero-order valence-electron chi connectivity index (χ0n) is 15.3. The van der Waals surface area contributed by atoms with Gasteiger partial charge in [-0.25, -0.2) is 4.98 Å². The third kappa shape index (κ3) is 4.11. The van der Waals surface area contributed by atoms with Gasteiger partial charge >= 0.3 is 0 Å². The number of aromatic nitrogens is 4. The Morgan fingerprint density at radius 2 is 2.03 bits per heavy atom. The summed E-state index contributed by atoms with van der Waals surface area (Å²) >= 11 is 1.46. The van der Waals surface area contributed by atoms with Crippen LogP contribution in [0.4, 0.5) is 5.69 Å². The molecule has 0 bridgehead atoms. The van der Waals surface area contributed by atoms with Crippen molar-refractivity contribution in [1.29, 1.82) is 0 Å². The molecule has 0 amide bonds. The van der Waals surface area contributed by atoms with E-state index in [1.807, 2.05) is 35.0 Å². The summed E-state index contributed by atoms with van der Waals surface area (Å²) in [4.78, 5) is 14.7. The lowest BCUT2D eigenvalue weighted by Gasteiger charge is -2.08. The second-order valence-corrected chi connectivity index (χ2v) is 6.82. The van der Waals surface area contributed by atoms with Crippen LogP contribution in [0.1, 0.15) is 5.89 Å². The molecule has 2 heterocycles. The maximum atomic E-state index is 10.8. The molecule has 0 N–H and O–H groups in total. The quantitative estimate of drug-likeness (QED) is 0.255. The third-order valence-electron chi connectivity index (χ3n) is 4.05. The summed E-state index contributed by atoms with van der Waals surface area (Å²) in [7, 11) is 1.63. The first-order chi connectivity index (χ1) is 14.1. The minimum Gasteiger partial charge on any atom is -0.497 e. The smallest absolute Gasteiger partial charge is 0.269 e. The first-order valence-electron chi connectivity index (χ1n) is 8.52. The molecule has 0 aliphatic carbocycles. The number of thioether (sulfide) groups is 1. The van der Waals surface area contributed by atoms with Gasteiger partial charge in [-0.2, -0.15) is 0 Å². The van der Waals surface area contributed by atoms with Gasteiger partial charge in [-0.3, -0.25) is 14.7 Å². The number of hydrogen-bond donors (Lipinski definition) is 0. The van der Waals surface area contributed by atoms with Gasteiger partial charge in [0, 0.05) is 36.2 Å². The van der Waals surface area contributed by atoms with E-state index in [-0.39, 0.29) is 5.69 Å². The van der Waals surface area contributed by atoms with Crippen LogP contribution >= 0.6 is 11.8 Å². The van der Waals surface area contributed by atoms with Crippen molar-refractivity contribution in [2.45, 2.75) is 10.9 Å². The summed E-state index contributed by atoms with van der Waals surface area (Å²) < 4.78 is 12.9. The summed E-state index contributed by atoms with van der Waals surface area (Å²) in [5.41, 5.74) is 1.56. The van der Waals surface area contributed by atoms with Crippen LogP contribution in [0.15, 0.2) is 70.5 Å². The second kappa shape index (κ2) is 8.15. The van der Waals surface area contributed by atoms with E-state index in [0.29, 0.717) is 23.1 Å². The number of ether oxygens (including phenoxy) is 1. The summed E-state index contributed by atoms with van der Waals surface area (Å²) in [6, 6.07) is 13.6. The second-order valence-electron chi connectivity index (χ2n) is 5.87. The van der Waals surface area contributed by atoms with Gasteiger partial charge in [0.25, 0.3) is 5.69 Å². The highest BCUT2D eigenvalue weighted by atomic mass is 32.2. The van der Waals surface area contributed by atoms with Gasteiger partial charge in [-0.15, -0.1) is 10.2 Å². The average molecular weight is 409 g/mol. The maximum absolute atomic E-state index is 10.8. The van der Waals surface area contributed by atoms with Gasteiger partial charge in [0.05, 0.1) is 23.5 Å². The Hall–Kier alpha value is -3.66. The van der Waals surface area contributed by atoms with Crippen LogP contribution in [0.25, 0.3) is 17.1 Å². The largest absolute Gasteiger partial charge is 0.497 e. The minimum atomic E-state index is -0.454. The van der Waals surface area contributed by atoms with Crippen LogP contribution < -0.4 is 4.74 Å². The Kier molecular flexibility index (Phi) is 5.25. The fraction of sp³-hybridized carbons (Fsp3) is 0.105. The summed E-state index contributed by atoms with van der Waals surface area (Å²) in [5.74, 6) is 1.94. The molecule has 0 aliphatic heterocycles. The molecule has 9 nitrogen and oxygen atoms in total. The van der Waals surface area contributed by atoms with E-state index in [9.17, 15) is 10.1 Å². The van der Waals surface area contributed by atoms with Crippen LogP contribution in [0.2, 0.25) is 0 Å². The summed E-state index contributed by atoms with van der Waals surface area (Å²) in [6.07, 6.45) is 3.59. The van der Waals surface area contributed by atoms with E-state index >= 15 is 0 Å². The Balaban J connectivity index is 1.47. The van der Waals surface area contributed by atoms with Crippen LogP contribution in [0, 0.1) is 10.1 Å². The average Bonchev–Trinajstić information content (AvgIpc) is 3.42. The van der Waals surface area contributed by atoms with E-state index in [2.05, 4.69) is 15.2 Å². The highest BCUT2D eigenvalue weighted by molar-refractivity contribution is 7.98. The van der Waals surface area contributed by atoms with E-state index in [0.717, 1.165) is 16.6 Å². The molecule has 146 valence electrons. The number of non-ortho nitro benzene ring substituents is 1. The van der Waals surface area contributed by atoms with Crippen LogP contribution in [-0.4, -0.2) is 31.8 Å². The minimum absolute atomic E-state index is 0.00780. The Labute approximate surface area is 169 Å². The Morgan fingerprint density at radius 3 is 2.79 bits per heavy atom. The molecule has 0 fully saturated rings. The predicted molar refractivity (Wildman–Crippen MR) is 106 cm³/mol. The zero-order valence-corrected chi connectivity index (χ0v) is 16.1. The maximum Gasteiger partial charge on any atom is 0.269 e. The van der Waals surface area contributed by atoms with Crippen molar-refractivity contribution in [3.63, 3.8) is 0 Å². The van der Waals surface area contributed by atoms with Crippen molar-refractivity contribution in [3.05, 3.63) is 76.9 Å². The van der Waals surface area contributed by atoms with Gasteiger partial charge in [-0.05, 0) is 24.3 Å². The van der Waals surface area contributed by atoms with Crippen molar-refractivity contribution in [2.24, 2.45) is 0 Å². The molecule has 0 radical (unpaired) electrons. The van der Waals surface area contributed by atoms with Crippen molar-refractivity contribution < 1.29 is 14.1 Å². The molecule has 10 heteroatoms. The lowest BCUT2D eigenvalue weighted by atomic mass is 10.2. The summed E-state index contributed by atoms with van der Waals surface area (Å²) in [5, 5.41) is 19.6. The first-order valence-corrected chi connectivity index (χ1v) is 9.50. The lowest BCUT2D eigenvalue weighted by Crippen LogP contribution is -1.96. The normalized spacial score (nSPS) is 10.8. The number of rotatable bonds is 7. The topological polar surface area (TPSA) is 109 Å². The molecule has 0 unspecified atom stereocenters. The summed E-state index contributed by atoms with van der Waals surface area (Å²) in [6.45, 7) is 0. The number of nitrogens with zero attached hydrogens (tertiary/aromatic N) is 5.